The molecule has 3 fully saturated rings. The van der Waals surface area contributed by atoms with Crippen LogP contribution in [0.25, 0.3) is 0 Å². The van der Waals surface area contributed by atoms with Gasteiger partial charge in [0, 0.05) is 25.7 Å². The third kappa shape index (κ3) is 4.95. The first-order valence-corrected chi connectivity index (χ1v) is 10.4. The van der Waals surface area contributed by atoms with Crippen molar-refractivity contribution in [2.75, 3.05) is 13.2 Å². The number of aliphatic hydroxyl groups excluding tert-OH is 2. The first-order chi connectivity index (χ1) is 12.1. The molecule has 2 N–H and O–H groups in total. The van der Waals surface area contributed by atoms with Crippen LogP contribution in [-0.2, 0) is 14.2 Å². The maximum absolute atomic E-state index is 10.4. The molecule has 25 heavy (non-hydrogen) atoms. The van der Waals surface area contributed by atoms with Crippen molar-refractivity contribution in [3.63, 3.8) is 0 Å². The van der Waals surface area contributed by atoms with E-state index in [1.165, 1.54) is 25.7 Å². The minimum Gasteiger partial charge on any atom is -0.393 e. The Morgan fingerprint density at radius 2 is 1.72 bits per heavy atom. The Bertz CT molecular complexity index is 396. The van der Waals surface area contributed by atoms with Crippen LogP contribution < -0.4 is 0 Å². The largest absolute Gasteiger partial charge is 0.393 e. The number of aliphatic hydroxyl groups is 2. The summed E-state index contributed by atoms with van der Waals surface area (Å²) >= 11 is 0. The Labute approximate surface area is 152 Å². The van der Waals surface area contributed by atoms with Gasteiger partial charge >= 0.3 is 0 Å². The van der Waals surface area contributed by atoms with E-state index in [0.29, 0.717) is 12.8 Å². The van der Waals surface area contributed by atoms with Gasteiger partial charge in [-0.2, -0.15) is 0 Å². The second-order valence-electron chi connectivity index (χ2n) is 8.16. The second kappa shape index (κ2) is 9.14. The van der Waals surface area contributed by atoms with Gasteiger partial charge in [-0.15, -0.1) is 0 Å². The number of ether oxygens (including phenoxy) is 3. The van der Waals surface area contributed by atoms with E-state index < -0.39 is 12.1 Å². The Balaban J connectivity index is 1.51. The van der Waals surface area contributed by atoms with E-state index in [9.17, 15) is 10.2 Å². The van der Waals surface area contributed by atoms with E-state index in [4.69, 9.17) is 14.2 Å². The van der Waals surface area contributed by atoms with Gasteiger partial charge in [-0.3, -0.25) is 0 Å². The summed E-state index contributed by atoms with van der Waals surface area (Å²) in [5.41, 5.74) is 0. The van der Waals surface area contributed by atoms with Gasteiger partial charge in [0.25, 0.3) is 0 Å². The first-order valence-electron chi connectivity index (χ1n) is 10.4. The quantitative estimate of drug-likeness (QED) is 0.620. The molecule has 0 radical (unpaired) electrons. The lowest BCUT2D eigenvalue weighted by atomic mass is 9.85. The van der Waals surface area contributed by atoms with Crippen LogP contribution in [0.2, 0.25) is 0 Å². The summed E-state index contributed by atoms with van der Waals surface area (Å²) in [4.78, 5) is 0. The van der Waals surface area contributed by atoms with Gasteiger partial charge in [0.05, 0.1) is 25.4 Å². The van der Waals surface area contributed by atoms with Crippen molar-refractivity contribution in [3.8, 4) is 0 Å². The van der Waals surface area contributed by atoms with E-state index in [0.717, 1.165) is 45.3 Å². The average Bonchev–Trinajstić information content (AvgIpc) is 3.09. The Morgan fingerprint density at radius 1 is 0.960 bits per heavy atom. The lowest BCUT2D eigenvalue weighted by Gasteiger charge is -2.38. The molecule has 1 unspecified atom stereocenters. The van der Waals surface area contributed by atoms with Gasteiger partial charge in [0.2, 0.25) is 0 Å². The fourth-order valence-electron chi connectivity index (χ4n) is 4.94. The molecule has 0 bridgehead atoms. The molecule has 0 amide bonds. The van der Waals surface area contributed by atoms with Crippen molar-refractivity contribution in [2.24, 2.45) is 11.8 Å². The maximum atomic E-state index is 10.4. The van der Waals surface area contributed by atoms with Crippen LogP contribution in [0.1, 0.15) is 77.6 Å². The monoisotopic (exact) mass is 356 g/mol. The topological polar surface area (TPSA) is 68.2 Å². The molecule has 2 saturated heterocycles. The summed E-state index contributed by atoms with van der Waals surface area (Å²) in [5.74, 6) is 0.00353. The van der Waals surface area contributed by atoms with E-state index in [-0.39, 0.29) is 24.0 Å². The van der Waals surface area contributed by atoms with Crippen molar-refractivity contribution in [1.29, 1.82) is 0 Å². The van der Waals surface area contributed by atoms with Gasteiger partial charge in [0.15, 0.2) is 12.1 Å². The van der Waals surface area contributed by atoms with Crippen LogP contribution in [-0.4, -0.2) is 47.7 Å². The van der Waals surface area contributed by atoms with Gasteiger partial charge < -0.3 is 24.4 Å². The molecule has 1 saturated carbocycles. The van der Waals surface area contributed by atoms with Crippen LogP contribution in [0.4, 0.5) is 0 Å². The van der Waals surface area contributed by atoms with Crippen molar-refractivity contribution in [1.82, 2.24) is 0 Å². The molecule has 3 rings (SSSR count). The highest BCUT2D eigenvalue weighted by Crippen LogP contribution is 2.46. The Hall–Kier alpha value is -0.200. The zero-order chi connectivity index (χ0) is 17.7. The van der Waals surface area contributed by atoms with E-state index in [1.807, 2.05) is 0 Å². The Kier molecular flexibility index (Phi) is 7.15. The predicted molar refractivity (Wildman–Crippen MR) is 95.0 cm³/mol. The minimum atomic E-state index is -0.653. The molecule has 5 nitrogen and oxygen atoms in total. The van der Waals surface area contributed by atoms with E-state index in [1.54, 1.807) is 0 Å². The summed E-state index contributed by atoms with van der Waals surface area (Å²) < 4.78 is 17.8. The third-order valence-electron chi connectivity index (χ3n) is 6.34. The van der Waals surface area contributed by atoms with Crippen LogP contribution in [0, 0.1) is 11.8 Å². The average molecular weight is 357 g/mol. The Morgan fingerprint density at radius 3 is 2.48 bits per heavy atom. The standard InChI is InChI=1S/C20H36O5/c1-2-3-4-5-6-9-20(23-11-7-12-24-20)10-8-15-16-13-19(22)25-18(16)14-17(15)21/h15-19,21-22H,2-14H2,1H3/t15-,16-,17-,18+,19?/m1/s1. The lowest BCUT2D eigenvalue weighted by Crippen LogP contribution is -2.41. The highest BCUT2D eigenvalue weighted by molar-refractivity contribution is 4.96. The zero-order valence-electron chi connectivity index (χ0n) is 15.7. The highest BCUT2D eigenvalue weighted by atomic mass is 16.7. The van der Waals surface area contributed by atoms with Gasteiger partial charge in [-0.1, -0.05) is 32.6 Å². The normalized spacial score (nSPS) is 37.3. The zero-order valence-corrected chi connectivity index (χ0v) is 15.7. The predicted octanol–water partition coefficient (Wildman–Crippen LogP) is 3.36. The molecule has 0 aromatic heterocycles. The molecular weight excluding hydrogens is 320 g/mol. The first kappa shape index (κ1) is 19.6. The minimum absolute atomic E-state index is 0.0215. The van der Waals surface area contributed by atoms with E-state index in [2.05, 4.69) is 6.92 Å². The number of hydrogen-bond donors (Lipinski definition) is 2. The summed E-state index contributed by atoms with van der Waals surface area (Å²) in [6.07, 6.45) is 10.2. The van der Waals surface area contributed by atoms with Gasteiger partial charge in [0.1, 0.15) is 0 Å². The highest BCUT2D eigenvalue weighted by Gasteiger charge is 2.49. The molecule has 146 valence electrons. The molecule has 0 aromatic rings. The molecule has 2 heterocycles. The van der Waals surface area contributed by atoms with Crippen molar-refractivity contribution in [3.05, 3.63) is 0 Å². The third-order valence-corrected chi connectivity index (χ3v) is 6.34. The number of rotatable bonds is 9. The molecule has 5 heteroatoms. The molecular formula is C20H36O5. The molecule has 1 aliphatic carbocycles. The van der Waals surface area contributed by atoms with Crippen molar-refractivity contribution in [2.45, 2.75) is 102 Å². The second-order valence-corrected chi connectivity index (χ2v) is 8.16. The summed E-state index contributed by atoms with van der Waals surface area (Å²) in [6.45, 7) is 3.78. The molecule has 3 aliphatic rings. The van der Waals surface area contributed by atoms with Crippen LogP contribution in [0.5, 0.6) is 0 Å². The SMILES string of the molecule is CCCCCCCC1(CC[C@@H]2[C@H]3CC(O)O[C@H]3C[C@H]2O)OCCCO1. The fourth-order valence-corrected chi connectivity index (χ4v) is 4.94. The summed E-state index contributed by atoms with van der Waals surface area (Å²) in [6, 6.07) is 0. The van der Waals surface area contributed by atoms with Crippen LogP contribution >= 0.6 is 0 Å². The molecule has 0 spiro atoms. The van der Waals surface area contributed by atoms with E-state index >= 15 is 0 Å². The number of fused-ring (bicyclic) bond motifs is 1. The molecule has 5 atom stereocenters. The maximum Gasteiger partial charge on any atom is 0.168 e. The summed E-state index contributed by atoms with van der Waals surface area (Å²) in [7, 11) is 0. The van der Waals surface area contributed by atoms with Crippen molar-refractivity contribution < 1.29 is 24.4 Å². The van der Waals surface area contributed by atoms with Crippen LogP contribution in [0.3, 0.4) is 0 Å². The number of hydrogen-bond acceptors (Lipinski definition) is 5. The van der Waals surface area contributed by atoms with Gasteiger partial charge in [-0.25, -0.2) is 0 Å². The number of unbranched alkanes of at least 4 members (excludes halogenated alkanes) is 4. The summed E-state index contributed by atoms with van der Waals surface area (Å²) in [5, 5.41) is 20.2. The molecule has 2 aliphatic heterocycles. The lowest BCUT2D eigenvalue weighted by molar-refractivity contribution is -0.275. The van der Waals surface area contributed by atoms with Crippen LogP contribution in [0.15, 0.2) is 0 Å². The smallest absolute Gasteiger partial charge is 0.168 e. The van der Waals surface area contributed by atoms with Crippen molar-refractivity contribution >= 4 is 0 Å². The van der Waals surface area contributed by atoms with Gasteiger partial charge in [-0.05, 0) is 31.1 Å². The molecule has 0 aromatic carbocycles. The fraction of sp³-hybridized carbons (Fsp3) is 1.00.